The second kappa shape index (κ2) is 9.31. The van der Waals surface area contributed by atoms with Crippen LogP contribution in [0.25, 0.3) is 0 Å². The summed E-state index contributed by atoms with van der Waals surface area (Å²) in [5.74, 6) is 1.09. The number of carbonyl (C=O) groups excluding carboxylic acids is 1. The molecule has 2 aromatic rings. The van der Waals surface area contributed by atoms with E-state index in [1.54, 1.807) is 24.3 Å². The third-order valence-corrected chi connectivity index (χ3v) is 5.77. The number of anilines is 2. The van der Waals surface area contributed by atoms with Gasteiger partial charge in [0.2, 0.25) is 5.90 Å². The molecule has 2 heterocycles. The Labute approximate surface area is 183 Å². The van der Waals surface area contributed by atoms with Crippen LogP contribution in [0.4, 0.5) is 11.4 Å². The van der Waals surface area contributed by atoms with E-state index in [2.05, 4.69) is 51.5 Å². The molecule has 31 heavy (non-hydrogen) atoms. The van der Waals surface area contributed by atoms with Crippen LogP contribution >= 0.6 is 0 Å². The molecule has 4 rings (SSSR count). The highest BCUT2D eigenvalue weighted by molar-refractivity contribution is 6.04. The molecular weight excluding hydrogens is 390 g/mol. The SMILES string of the molecule is CC1=NN=C(Oc2ccc(C(=O)Nc3ccc(N4CCC(N(C)C)C4)cc3)cc2)CC1. The van der Waals surface area contributed by atoms with E-state index in [4.69, 9.17) is 4.74 Å². The van der Waals surface area contributed by atoms with Gasteiger partial charge >= 0.3 is 0 Å². The first kappa shape index (κ1) is 21.1. The van der Waals surface area contributed by atoms with Gasteiger partial charge in [0.25, 0.3) is 5.91 Å². The van der Waals surface area contributed by atoms with Gasteiger partial charge in [-0.2, -0.15) is 5.10 Å². The topological polar surface area (TPSA) is 69.5 Å². The van der Waals surface area contributed by atoms with E-state index < -0.39 is 0 Å². The first-order valence-corrected chi connectivity index (χ1v) is 10.7. The zero-order valence-electron chi connectivity index (χ0n) is 18.3. The fourth-order valence-corrected chi connectivity index (χ4v) is 3.77. The van der Waals surface area contributed by atoms with Gasteiger partial charge in [-0.05, 0) is 82.4 Å². The summed E-state index contributed by atoms with van der Waals surface area (Å²) >= 11 is 0. The predicted molar refractivity (Wildman–Crippen MR) is 126 cm³/mol. The fourth-order valence-electron chi connectivity index (χ4n) is 3.77. The molecule has 0 aliphatic carbocycles. The summed E-state index contributed by atoms with van der Waals surface area (Å²) in [6.07, 6.45) is 2.76. The number of benzene rings is 2. The monoisotopic (exact) mass is 419 g/mol. The van der Waals surface area contributed by atoms with Crippen molar-refractivity contribution in [1.29, 1.82) is 0 Å². The molecule has 0 bridgehead atoms. The van der Waals surface area contributed by atoms with Crippen LogP contribution < -0.4 is 15.0 Å². The van der Waals surface area contributed by atoms with Crippen molar-refractivity contribution in [2.24, 2.45) is 10.2 Å². The van der Waals surface area contributed by atoms with Crippen molar-refractivity contribution in [3.8, 4) is 5.75 Å². The lowest BCUT2D eigenvalue weighted by molar-refractivity contribution is 0.102. The van der Waals surface area contributed by atoms with Crippen LogP contribution in [0.15, 0.2) is 58.7 Å². The highest BCUT2D eigenvalue weighted by Crippen LogP contribution is 2.24. The maximum Gasteiger partial charge on any atom is 0.255 e. The molecule has 1 saturated heterocycles. The van der Waals surface area contributed by atoms with Gasteiger partial charge in [-0.25, -0.2) is 0 Å². The Bertz CT molecular complexity index is 980. The summed E-state index contributed by atoms with van der Waals surface area (Å²) in [4.78, 5) is 17.3. The van der Waals surface area contributed by atoms with Crippen molar-refractivity contribution < 1.29 is 9.53 Å². The number of likely N-dealkylation sites (N-methyl/N-ethyl adjacent to an activating group) is 1. The largest absolute Gasteiger partial charge is 0.441 e. The van der Waals surface area contributed by atoms with Crippen molar-refractivity contribution in [3.05, 3.63) is 54.1 Å². The maximum absolute atomic E-state index is 12.6. The molecule has 2 aromatic carbocycles. The highest BCUT2D eigenvalue weighted by Gasteiger charge is 2.24. The minimum absolute atomic E-state index is 0.150. The standard InChI is InChI=1S/C24H29N5O2/c1-17-4-13-23(27-26-17)31-22-11-5-18(6-12-22)24(30)25-19-7-9-20(10-8-19)29-15-14-21(16-29)28(2)3/h5-12,21H,4,13-16H2,1-3H3,(H,25,30). The van der Waals surface area contributed by atoms with Crippen molar-refractivity contribution >= 4 is 28.9 Å². The van der Waals surface area contributed by atoms with E-state index in [0.29, 0.717) is 23.3 Å². The summed E-state index contributed by atoms with van der Waals surface area (Å²) < 4.78 is 5.74. The maximum atomic E-state index is 12.6. The second-order valence-electron chi connectivity index (χ2n) is 8.31. The Kier molecular flexibility index (Phi) is 6.32. The molecule has 0 radical (unpaired) electrons. The lowest BCUT2D eigenvalue weighted by Crippen LogP contribution is -2.31. The third-order valence-electron chi connectivity index (χ3n) is 5.77. The summed E-state index contributed by atoms with van der Waals surface area (Å²) in [7, 11) is 4.26. The normalized spacial score (nSPS) is 18.6. The van der Waals surface area contributed by atoms with Crippen LogP contribution in [0.5, 0.6) is 5.75 Å². The lowest BCUT2D eigenvalue weighted by Gasteiger charge is -2.22. The summed E-state index contributed by atoms with van der Waals surface area (Å²) in [5.41, 5.74) is 3.55. The Hall–Kier alpha value is -3.19. The van der Waals surface area contributed by atoms with E-state index >= 15 is 0 Å². The molecule has 0 aromatic heterocycles. The van der Waals surface area contributed by atoms with Crippen molar-refractivity contribution in [3.63, 3.8) is 0 Å². The number of ether oxygens (including phenoxy) is 1. The Balaban J connectivity index is 1.33. The minimum atomic E-state index is -0.150. The van der Waals surface area contributed by atoms with Gasteiger partial charge in [0, 0.05) is 48.2 Å². The van der Waals surface area contributed by atoms with Gasteiger partial charge in [0.05, 0.1) is 0 Å². The molecular formula is C24H29N5O2. The molecule has 1 atom stereocenters. The average molecular weight is 420 g/mol. The first-order chi connectivity index (χ1) is 15.0. The van der Waals surface area contributed by atoms with E-state index in [9.17, 15) is 4.79 Å². The predicted octanol–water partition coefficient (Wildman–Crippen LogP) is 4.03. The number of hydrogen-bond donors (Lipinski definition) is 1. The van der Waals surface area contributed by atoms with Crippen molar-refractivity contribution in [2.75, 3.05) is 37.4 Å². The number of nitrogens with zero attached hydrogens (tertiary/aromatic N) is 4. The van der Waals surface area contributed by atoms with E-state index in [-0.39, 0.29) is 5.91 Å². The van der Waals surface area contributed by atoms with Gasteiger partial charge in [-0.3, -0.25) is 4.79 Å². The van der Waals surface area contributed by atoms with Gasteiger partial charge in [0.1, 0.15) is 5.75 Å². The zero-order valence-corrected chi connectivity index (χ0v) is 18.3. The van der Waals surface area contributed by atoms with Gasteiger partial charge < -0.3 is 19.9 Å². The van der Waals surface area contributed by atoms with Crippen LogP contribution in [-0.4, -0.2) is 55.6 Å². The molecule has 0 saturated carbocycles. The summed E-state index contributed by atoms with van der Waals surface area (Å²) in [6, 6.07) is 15.7. The van der Waals surface area contributed by atoms with E-state index in [1.165, 1.54) is 12.1 Å². The fraction of sp³-hybridized carbons (Fsp3) is 0.375. The quantitative estimate of drug-likeness (QED) is 0.795. The van der Waals surface area contributed by atoms with Crippen LogP contribution in [0.1, 0.15) is 36.5 Å². The third kappa shape index (κ3) is 5.30. The first-order valence-electron chi connectivity index (χ1n) is 10.7. The van der Waals surface area contributed by atoms with Crippen LogP contribution in [-0.2, 0) is 0 Å². The van der Waals surface area contributed by atoms with Gasteiger partial charge in [-0.15, -0.1) is 5.10 Å². The average Bonchev–Trinajstić information content (AvgIpc) is 3.27. The molecule has 7 nitrogen and oxygen atoms in total. The molecule has 1 fully saturated rings. The number of amides is 1. The molecule has 7 heteroatoms. The molecule has 1 amide bonds. The number of hydrogen-bond acceptors (Lipinski definition) is 6. The summed E-state index contributed by atoms with van der Waals surface area (Å²) in [6.45, 7) is 4.04. The number of carbonyl (C=O) groups is 1. The number of rotatable bonds is 5. The molecule has 2 aliphatic heterocycles. The van der Waals surface area contributed by atoms with Crippen LogP contribution in [0, 0.1) is 0 Å². The molecule has 162 valence electrons. The zero-order chi connectivity index (χ0) is 21.8. The molecule has 2 aliphatic rings. The molecule has 1 unspecified atom stereocenters. The van der Waals surface area contributed by atoms with Crippen molar-refractivity contribution in [2.45, 2.75) is 32.2 Å². The Morgan fingerprint density at radius 3 is 2.42 bits per heavy atom. The Morgan fingerprint density at radius 2 is 1.81 bits per heavy atom. The lowest BCUT2D eigenvalue weighted by atomic mass is 10.2. The Morgan fingerprint density at radius 1 is 1.06 bits per heavy atom. The summed E-state index contributed by atoms with van der Waals surface area (Å²) in [5, 5.41) is 11.1. The van der Waals surface area contributed by atoms with Gasteiger partial charge in [-0.1, -0.05) is 0 Å². The van der Waals surface area contributed by atoms with Gasteiger partial charge in [0.15, 0.2) is 0 Å². The van der Waals surface area contributed by atoms with Crippen LogP contribution in [0.3, 0.4) is 0 Å². The molecule has 0 spiro atoms. The van der Waals surface area contributed by atoms with E-state index in [0.717, 1.165) is 37.3 Å². The van der Waals surface area contributed by atoms with E-state index in [1.807, 2.05) is 19.1 Å². The number of nitrogens with one attached hydrogen (secondary N) is 1. The van der Waals surface area contributed by atoms with Crippen LogP contribution in [0.2, 0.25) is 0 Å². The minimum Gasteiger partial charge on any atom is -0.441 e. The molecule has 1 N–H and O–H groups in total. The van der Waals surface area contributed by atoms with Crippen molar-refractivity contribution in [1.82, 2.24) is 4.90 Å². The highest BCUT2D eigenvalue weighted by atomic mass is 16.5. The second-order valence-corrected chi connectivity index (χ2v) is 8.31. The smallest absolute Gasteiger partial charge is 0.255 e.